The van der Waals surface area contributed by atoms with Crippen LogP contribution < -0.4 is 29.6 Å². The Kier molecular flexibility index (Phi) is 9.77. The predicted octanol–water partition coefficient (Wildman–Crippen LogP) is 4.97. The summed E-state index contributed by atoms with van der Waals surface area (Å²) in [5.41, 5.74) is 1.78. The number of hydrogen-bond donors (Lipinski definition) is 2. The highest BCUT2D eigenvalue weighted by Crippen LogP contribution is 2.38. The van der Waals surface area contributed by atoms with Crippen LogP contribution in [0.25, 0.3) is 10.9 Å². The van der Waals surface area contributed by atoms with Gasteiger partial charge in [0.2, 0.25) is 0 Å². The summed E-state index contributed by atoms with van der Waals surface area (Å²) in [7, 11) is 4.79. The van der Waals surface area contributed by atoms with E-state index in [9.17, 15) is 9.59 Å². The summed E-state index contributed by atoms with van der Waals surface area (Å²) in [5.74, 6) is 1.73. The summed E-state index contributed by atoms with van der Waals surface area (Å²) < 4.78 is 36.2. The van der Waals surface area contributed by atoms with E-state index in [1.807, 2.05) is 0 Å². The van der Waals surface area contributed by atoms with Gasteiger partial charge in [0.05, 0.1) is 38.4 Å². The third-order valence-corrected chi connectivity index (χ3v) is 7.09. The number of pyridine rings is 1. The van der Waals surface area contributed by atoms with Gasteiger partial charge >= 0.3 is 6.03 Å². The third-order valence-electron chi connectivity index (χ3n) is 7.09. The van der Waals surface area contributed by atoms with E-state index in [1.165, 1.54) is 13.4 Å². The minimum Gasteiger partial charge on any atom is -0.494 e. The lowest BCUT2D eigenvalue weighted by molar-refractivity contribution is -0.165. The Balaban J connectivity index is 1.25. The number of aromatic nitrogens is 3. The summed E-state index contributed by atoms with van der Waals surface area (Å²) in [4.78, 5) is 33.5. The number of aryl methyl sites for hydroxylation is 1. The molecule has 3 heterocycles. The summed E-state index contributed by atoms with van der Waals surface area (Å²) in [6.07, 6.45) is 6.01. The van der Waals surface area contributed by atoms with E-state index in [1.54, 1.807) is 68.2 Å². The Hall–Kier alpha value is -4.88. The van der Waals surface area contributed by atoms with Crippen LogP contribution in [0.5, 0.6) is 28.7 Å². The molecule has 0 aliphatic carbocycles. The van der Waals surface area contributed by atoms with Gasteiger partial charge in [-0.25, -0.2) is 9.78 Å². The molecule has 1 fully saturated rings. The maximum atomic E-state index is 12.5. The van der Waals surface area contributed by atoms with E-state index >= 15 is 0 Å². The molecule has 1 aliphatic heterocycles. The number of imidazole rings is 1. The maximum absolute atomic E-state index is 12.5. The molecule has 1 aliphatic rings. The zero-order valence-corrected chi connectivity index (χ0v) is 25.0. The summed E-state index contributed by atoms with van der Waals surface area (Å²) >= 11 is 0. The average Bonchev–Trinajstić information content (AvgIpc) is 3.37. The molecule has 5 rings (SSSR count). The fourth-order valence-corrected chi connectivity index (χ4v) is 4.66. The minimum absolute atomic E-state index is 0.164. The van der Waals surface area contributed by atoms with Crippen molar-refractivity contribution in [3.8, 4) is 28.7 Å². The number of hydrogen-bond acceptors (Lipinski definition) is 10. The number of anilines is 1. The van der Waals surface area contributed by atoms with E-state index in [0.29, 0.717) is 64.2 Å². The standard InChI is InChI=1S/C31H35N5O8/c1-19-29(33-18-36(19)2)30(37)35-31(38)34-22-9-8-20(15-25(22)39-3)44-24-10-11-32-23-17-27(26(40-4)16-21(23)24)41-13-14-43-28-7-5-6-12-42-28/h8-11,15-18,28H,5-7,12-14H2,1-4H3,(H2,34,35,37,38)/t28-/m0/s1. The van der Waals surface area contributed by atoms with Crippen molar-refractivity contribution in [1.29, 1.82) is 0 Å². The first kappa shape index (κ1) is 30.6. The Morgan fingerprint density at radius 1 is 1.00 bits per heavy atom. The quantitative estimate of drug-likeness (QED) is 0.225. The average molecular weight is 606 g/mol. The van der Waals surface area contributed by atoms with Gasteiger partial charge in [0.25, 0.3) is 5.91 Å². The largest absolute Gasteiger partial charge is 0.494 e. The van der Waals surface area contributed by atoms with Crippen LogP contribution in [0.2, 0.25) is 0 Å². The van der Waals surface area contributed by atoms with E-state index < -0.39 is 11.9 Å². The Morgan fingerprint density at radius 3 is 2.57 bits per heavy atom. The SMILES string of the molecule is COc1cc(Oc2ccnc3cc(OCCO[C@H]4CCCCO4)c(OC)cc23)ccc1NC(=O)NC(=O)c1ncn(C)c1C. The predicted molar refractivity (Wildman–Crippen MR) is 161 cm³/mol. The zero-order chi connectivity index (χ0) is 31.1. The zero-order valence-electron chi connectivity index (χ0n) is 25.0. The van der Waals surface area contributed by atoms with E-state index in [0.717, 1.165) is 25.9 Å². The molecule has 0 spiro atoms. The normalized spacial score (nSPS) is 14.6. The van der Waals surface area contributed by atoms with Crippen molar-refractivity contribution in [1.82, 2.24) is 19.9 Å². The fourth-order valence-electron chi connectivity index (χ4n) is 4.66. The lowest BCUT2D eigenvalue weighted by Gasteiger charge is -2.22. The number of carbonyl (C=O) groups is 2. The number of nitrogens with zero attached hydrogens (tertiary/aromatic N) is 3. The Labute approximate surface area is 254 Å². The number of nitrogens with one attached hydrogen (secondary N) is 2. The molecule has 13 heteroatoms. The van der Waals surface area contributed by atoms with Gasteiger partial charge in [0.1, 0.15) is 29.5 Å². The molecule has 3 amide bonds. The smallest absolute Gasteiger partial charge is 0.326 e. The highest BCUT2D eigenvalue weighted by Gasteiger charge is 2.19. The number of rotatable bonds is 11. The first-order valence-corrected chi connectivity index (χ1v) is 14.1. The highest BCUT2D eigenvalue weighted by atomic mass is 16.7. The number of urea groups is 1. The van der Waals surface area contributed by atoms with Crippen molar-refractivity contribution in [2.24, 2.45) is 7.05 Å². The lowest BCUT2D eigenvalue weighted by Crippen LogP contribution is -2.35. The van der Waals surface area contributed by atoms with E-state index in [4.69, 9.17) is 28.4 Å². The van der Waals surface area contributed by atoms with Crippen molar-refractivity contribution in [3.63, 3.8) is 0 Å². The molecule has 2 aromatic heterocycles. The second-order valence-corrected chi connectivity index (χ2v) is 10.0. The molecule has 2 aromatic carbocycles. The van der Waals surface area contributed by atoms with E-state index in [2.05, 4.69) is 20.6 Å². The number of benzene rings is 2. The van der Waals surface area contributed by atoms with Gasteiger partial charge in [0, 0.05) is 43.1 Å². The van der Waals surface area contributed by atoms with Crippen molar-refractivity contribution < 1.29 is 38.0 Å². The second-order valence-electron chi connectivity index (χ2n) is 10.0. The molecule has 1 saturated heterocycles. The van der Waals surface area contributed by atoms with Crippen LogP contribution in [0.1, 0.15) is 35.4 Å². The summed E-state index contributed by atoms with van der Waals surface area (Å²) in [5, 5.41) is 5.61. The van der Waals surface area contributed by atoms with Gasteiger partial charge in [-0.3, -0.25) is 15.1 Å². The molecule has 0 bridgehead atoms. The molecule has 232 valence electrons. The molecule has 4 aromatic rings. The van der Waals surface area contributed by atoms with Gasteiger partial charge in [-0.05, 0) is 50.5 Å². The van der Waals surface area contributed by atoms with Crippen molar-refractivity contribution in [3.05, 3.63) is 60.3 Å². The van der Waals surface area contributed by atoms with E-state index in [-0.39, 0.29) is 12.0 Å². The second kappa shape index (κ2) is 14.1. The highest BCUT2D eigenvalue weighted by molar-refractivity contribution is 6.08. The Morgan fingerprint density at radius 2 is 1.84 bits per heavy atom. The lowest BCUT2D eigenvalue weighted by atomic mass is 10.1. The van der Waals surface area contributed by atoms with Crippen LogP contribution in [0.15, 0.2) is 48.9 Å². The first-order valence-electron chi connectivity index (χ1n) is 14.1. The fraction of sp³-hybridized carbons (Fsp3) is 0.355. The topological polar surface area (TPSA) is 144 Å². The molecular formula is C31H35N5O8. The number of imide groups is 1. The monoisotopic (exact) mass is 605 g/mol. The summed E-state index contributed by atoms with van der Waals surface area (Å²) in [6, 6.07) is 9.50. The molecule has 2 N–H and O–H groups in total. The van der Waals surface area contributed by atoms with Crippen LogP contribution in [0.3, 0.4) is 0 Å². The molecule has 0 radical (unpaired) electrons. The summed E-state index contributed by atoms with van der Waals surface area (Å²) in [6.45, 7) is 3.17. The Bertz CT molecular complexity index is 1630. The van der Waals surface area contributed by atoms with Gasteiger partial charge < -0.3 is 38.3 Å². The molecule has 1 atom stereocenters. The molecule has 0 unspecified atom stereocenters. The van der Waals surface area contributed by atoms with Crippen molar-refractivity contribution in [2.45, 2.75) is 32.5 Å². The molecule has 0 saturated carbocycles. The van der Waals surface area contributed by atoms with Gasteiger partial charge in [-0.2, -0.15) is 0 Å². The number of fused-ring (bicyclic) bond motifs is 1. The first-order chi connectivity index (χ1) is 21.4. The minimum atomic E-state index is -0.730. The molecular weight excluding hydrogens is 570 g/mol. The van der Waals surface area contributed by atoms with Crippen LogP contribution in [-0.2, 0) is 16.5 Å². The number of amides is 3. The van der Waals surface area contributed by atoms with Crippen LogP contribution in [0.4, 0.5) is 10.5 Å². The van der Waals surface area contributed by atoms with Gasteiger partial charge in [0.15, 0.2) is 17.8 Å². The van der Waals surface area contributed by atoms with Crippen LogP contribution in [0, 0.1) is 6.92 Å². The number of carbonyl (C=O) groups excluding carboxylic acids is 2. The third kappa shape index (κ3) is 7.18. The van der Waals surface area contributed by atoms with Gasteiger partial charge in [-0.15, -0.1) is 0 Å². The van der Waals surface area contributed by atoms with Gasteiger partial charge in [-0.1, -0.05) is 0 Å². The van der Waals surface area contributed by atoms with Crippen molar-refractivity contribution >= 4 is 28.5 Å². The molecule has 44 heavy (non-hydrogen) atoms. The van der Waals surface area contributed by atoms with Crippen molar-refractivity contribution in [2.75, 3.05) is 39.4 Å². The number of ether oxygens (including phenoxy) is 6. The van der Waals surface area contributed by atoms with Crippen LogP contribution >= 0.6 is 0 Å². The molecule has 13 nitrogen and oxygen atoms in total. The number of methoxy groups -OCH3 is 2. The maximum Gasteiger partial charge on any atom is 0.326 e. The van der Waals surface area contributed by atoms with Crippen LogP contribution in [-0.4, -0.2) is 66.8 Å².